The number of hydrogen-bond acceptors (Lipinski definition) is 0. The van der Waals surface area contributed by atoms with Gasteiger partial charge in [-0.25, -0.2) is 17.6 Å². The van der Waals surface area contributed by atoms with Crippen LogP contribution in [-0.2, 0) is 0 Å². The number of benzene rings is 1. The monoisotopic (exact) mass is 164 g/mol. The van der Waals surface area contributed by atoms with Crippen LogP contribution in [0.2, 0.25) is 0 Å². The van der Waals surface area contributed by atoms with Crippen LogP contribution in [0.4, 0.5) is 17.6 Å². The SMILES string of the molecule is Fc1cc(F)cc(C(F)F)c1. The molecule has 0 bridgehead atoms. The second-order valence-corrected chi connectivity index (χ2v) is 2.00. The molecule has 0 atom stereocenters. The van der Waals surface area contributed by atoms with Crippen LogP contribution in [0.5, 0.6) is 0 Å². The maximum atomic E-state index is 12.2. The highest BCUT2D eigenvalue weighted by Crippen LogP contribution is 2.20. The molecule has 0 spiro atoms. The zero-order valence-electron chi connectivity index (χ0n) is 5.32. The predicted molar refractivity (Wildman–Crippen MR) is 31.3 cm³/mol. The van der Waals surface area contributed by atoms with Crippen LogP contribution < -0.4 is 0 Å². The van der Waals surface area contributed by atoms with Crippen molar-refractivity contribution in [1.82, 2.24) is 0 Å². The molecular formula is C7H4F4. The van der Waals surface area contributed by atoms with Crippen molar-refractivity contribution >= 4 is 0 Å². The third-order valence-corrected chi connectivity index (χ3v) is 1.14. The van der Waals surface area contributed by atoms with E-state index in [1.807, 2.05) is 0 Å². The molecule has 0 fully saturated rings. The Morgan fingerprint density at radius 2 is 1.36 bits per heavy atom. The lowest BCUT2D eigenvalue weighted by molar-refractivity contribution is 0.150. The molecule has 0 radical (unpaired) electrons. The second-order valence-electron chi connectivity index (χ2n) is 2.00. The van der Waals surface area contributed by atoms with E-state index in [9.17, 15) is 17.6 Å². The zero-order valence-corrected chi connectivity index (χ0v) is 5.32. The molecule has 0 heterocycles. The maximum absolute atomic E-state index is 12.2. The van der Waals surface area contributed by atoms with Crippen LogP contribution in [0.1, 0.15) is 12.0 Å². The Morgan fingerprint density at radius 1 is 0.909 bits per heavy atom. The normalized spacial score (nSPS) is 10.6. The second kappa shape index (κ2) is 2.90. The van der Waals surface area contributed by atoms with E-state index in [2.05, 4.69) is 0 Å². The van der Waals surface area contributed by atoms with Gasteiger partial charge in [-0.15, -0.1) is 0 Å². The molecule has 0 aliphatic rings. The predicted octanol–water partition coefficient (Wildman–Crippen LogP) is 2.90. The van der Waals surface area contributed by atoms with Gasteiger partial charge in [-0.3, -0.25) is 0 Å². The first-order valence-corrected chi connectivity index (χ1v) is 2.84. The average molecular weight is 164 g/mol. The molecule has 4 heteroatoms. The van der Waals surface area contributed by atoms with Gasteiger partial charge < -0.3 is 0 Å². The minimum absolute atomic E-state index is 0.547. The first kappa shape index (κ1) is 8.04. The summed E-state index contributed by atoms with van der Waals surface area (Å²) in [5, 5.41) is 0. The molecule has 0 aliphatic carbocycles. The highest BCUT2D eigenvalue weighted by Gasteiger charge is 2.09. The lowest BCUT2D eigenvalue weighted by atomic mass is 10.2. The minimum atomic E-state index is -2.83. The fourth-order valence-electron chi connectivity index (χ4n) is 0.701. The Bertz CT molecular complexity index is 236. The Hall–Kier alpha value is -1.06. The molecular weight excluding hydrogens is 160 g/mol. The van der Waals surface area contributed by atoms with Gasteiger partial charge in [0.2, 0.25) is 0 Å². The smallest absolute Gasteiger partial charge is 0.207 e. The number of halogens is 4. The largest absolute Gasteiger partial charge is 0.264 e. The highest BCUT2D eigenvalue weighted by molar-refractivity contribution is 5.18. The van der Waals surface area contributed by atoms with Gasteiger partial charge in [-0.1, -0.05) is 0 Å². The van der Waals surface area contributed by atoms with Crippen molar-refractivity contribution in [3.8, 4) is 0 Å². The van der Waals surface area contributed by atoms with Crippen molar-refractivity contribution in [2.45, 2.75) is 6.43 Å². The Kier molecular flexibility index (Phi) is 2.12. The topological polar surface area (TPSA) is 0 Å². The number of hydrogen-bond donors (Lipinski definition) is 0. The van der Waals surface area contributed by atoms with Crippen molar-refractivity contribution in [2.75, 3.05) is 0 Å². The fraction of sp³-hybridized carbons (Fsp3) is 0.143. The molecule has 0 saturated carbocycles. The molecule has 1 rings (SSSR count). The highest BCUT2D eigenvalue weighted by atomic mass is 19.3. The molecule has 0 nitrogen and oxygen atoms in total. The van der Waals surface area contributed by atoms with E-state index in [0.29, 0.717) is 18.2 Å². The minimum Gasteiger partial charge on any atom is -0.207 e. The van der Waals surface area contributed by atoms with E-state index < -0.39 is 23.6 Å². The van der Waals surface area contributed by atoms with Gasteiger partial charge in [-0.2, -0.15) is 0 Å². The molecule has 0 N–H and O–H groups in total. The average Bonchev–Trinajstić information content (AvgIpc) is 1.85. The van der Waals surface area contributed by atoms with Gasteiger partial charge in [0.05, 0.1) is 0 Å². The third-order valence-electron chi connectivity index (χ3n) is 1.14. The fourth-order valence-corrected chi connectivity index (χ4v) is 0.701. The number of rotatable bonds is 1. The zero-order chi connectivity index (χ0) is 8.43. The molecule has 1 aromatic carbocycles. The summed E-state index contributed by atoms with van der Waals surface area (Å²) in [6.07, 6.45) is -2.83. The van der Waals surface area contributed by atoms with Crippen LogP contribution in [0.3, 0.4) is 0 Å². The summed E-state index contributed by atoms with van der Waals surface area (Å²) in [7, 11) is 0. The molecule has 60 valence electrons. The van der Waals surface area contributed by atoms with Crippen molar-refractivity contribution < 1.29 is 17.6 Å². The third kappa shape index (κ3) is 1.93. The Balaban J connectivity index is 3.08. The Labute approximate surface area is 60.5 Å². The Morgan fingerprint density at radius 3 is 1.73 bits per heavy atom. The molecule has 0 aromatic heterocycles. The van der Waals surface area contributed by atoms with Gasteiger partial charge in [-0.05, 0) is 12.1 Å². The van der Waals surface area contributed by atoms with Gasteiger partial charge in [0.1, 0.15) is 11.6 Å². The van der Waals surface area contributed by atoms with Gasteiger partial charge in [0.15, 0.2) is 0 Å². The number of alkyl halides is 2. The lowest BCUT2D eigenvalue weighted by Crippen LogP contribution is -1.88. The standard InChI is InChI=1S/C7H4F4/c8-5-1-4(7(10)11)2-6(9)3-5/h1-3,7H. The quantitative estimate of drug-likeness (QED) is 0.560. The van der Waals surface area contributed by atoms with Crippen molar-refractivity contribution in [2.24, 2.45) is 0 Å². The lowest BCUT2D eigenvalue weighted by Gasteiger charge is -1.98. The summed E-state index contributed by atoms with van der Waals surface area (Å²) in [4.78, 5) is 0. The molecule has 0 amide bonds. The summed E-state index contributed by atoms with van der Waals surface area (Å²) in [5.74, 6) is -1.97. The van der Waals surface area contributed by atoms with Crippen molar-refractivity contribution in [1.29, 1.82) is 0 Å². The summed E-state index contributed by atoms with van der Waals surface area (Å²) >= 11 is 0. The molecule has 1 aromatic rings. The van der Waals surface area contributed by atoms with Crippen LogP contribution >= 0.6 is 0 Å². The van der Waals surface area contributed by atoms with E-state index in [-0.39, 0.29) is 0 Å². The van der Waals surface area contributed by atoms with E-state index in [1.54, 1.807) is 0 Å². The van der Waals surface area contributed by atoms with Gasteiger partial charge >= 0.3 is 0 Å². The van der Waals surface area contributed by atoms with Crippen molar-refractivity contribution in [3.63, 3.8) is 0 Å². The van der Waals surface area contributed by atoms with Gasteiger partial charge in [0, 0.05) is 11.6 Å². The van der Waals surface area contributed by atoms with Crippen LogP contribution in [0.15, 0.2) is 18.2 Å². The summed E-state index contributed by atoms with van der Waals surface area (Å²) in [5.41, 5.74) is -0.637. The van der Waals surface area contributed by atoms with Crippen LogP contribution in [-0.4, -0.2) is 0 Å². The summed E-state index contributed by atoms with van der Waals surface area (Å²) in [6.45, 7) is 0. The van der Waals surface area contributed by atoms with E-state index in [0.717, 1.165) is 0 Å². The summed E-state index contributed by atoms with van der Waals surface area (Å²) < 4.78 is 48.0. The van der Waals surface area contributed by atoms with E-state index in [4.69, 9.17) is 0 Å². The molecule has 11 heavy (non-hydrogen) atoms. The van der Waals surface area contributed by atoms with Gasteiger partial charge in [0.25, 0.3) is 6.43 Å². The van der Waals surface area contributed by atoms with E-state index >= 15 is 0 Å². The molecule has 0 aliphatic heterocycles. The van der Waals surface area contributed by atoms with Crippen molar-refractivity contribution in [3.05, 3.63) is 35.4 Å². The van der Waals surface area contributed by atoms with E-state index in [1.165, 1.54) is 0 Å². The first-order chi connectivity index (χ1) is 5.09. The maximum Gasteiger partial charge on any atom is 0.264 e. The summed E-state index contributed by atoms with van der Waals surface area (Å²) in [6, 6.07) is 1.76. The molecule has 0 unspecified atom stereocenters. The van der Waals surface area contributed by atoms with Crippen LogP contribution in [0, 0.1) is 11.6 Å². The molecule has 0 saturated heterocycles. The first-order valence-electron chi connectivity index (χ1n) is 2.84. The van der Waals surface area contributed by atoms with Crippen LogP contribution in [0.25, 0.3) is 0 Å².